The van der Waals surface area contributed by atoms with Crippen LogP contribution in [-0.2, 0) is 9.53 Å². The van der Waals surface area contributed by atoms with Gasteiger partial charge in [0, 0.05) is 44.1 Å². The number of carbonyl (C=O) groups is 2. The van der Waals surface area contributed by atoms with Crippen LogP contribution in [0.4, 0.5) is 4.79 Å². The number of amides is 2. The second kappa shape index (κ2) is 7.66. The third-order valence-electron chi connectivity index (χ3n) is 6.49. The van der Waals surface area contributed by atoms with Gasteiger partial charge in [0.05, 0.1) is 17.0 Å². The molecule has 1 saturated carbocycles. The summed E-state index contributed by atoms with van der Waals surface area (Å²) in [5, 5.41) is 0.723. The number of hydrogen-bond acceptors (Lipinski definition) is 3. The van der Waals surface area contributed by atoms with E-state index in [1.54, 1.807) is 0 Å². The normalized spacial score (nSPS) is 27.0. The zero-order valence-electron chi connectivity index (χ0n) is 16.4. The van der Waals surface area contributed by atoms with Crippen molar-refractivity contribution < 1.29 is 14.3 Å². The Kier molecular flexibility index (Phi) is 5.01. The molecule has 3 heterocycles. The quantitative estimate of drug-likeness (QED) is 0.665. The molecule has 0 N–H and O–H groups in total. The minimum atomic E-state index is 0.0614. The highest BCUT2D eigenvalue weighted by Crippen LogP contribution is 2.41. The molecule has 1 aromatic rings. The van der Waals surface area contributed by atoms with Gasteiger partial charge in [0.15, 0.2) is 5.78 Å². The lowest BCUT2D eigenvalue weighted by Gasteiger charge is -2.45. The Morgan fingerprint density at radius 2 is 1.97 bits per heavy atom. The Labute approximate surface area is 176 Å². The first-order valence-electron chi connectivity index (χ1n) is 10.5. The molecule has 1 aliphatic carbocycles. The number of rotatable bonds is 1. The third-order valence-corrected chi connectivity index (χ3v) is 6.80. The van der Waals surface area contributed by atoms with Crippen molar-refractivity contribution >= 4 is 23.4 Å². The van der Waals surface area contributed by atoms with Gasteiger partial charge in [0.25, 0.3) is 0 Å². The smallest absolute Gasteiger partial charge is 0.320 e. The van der Waals surface area contributed by atoms with Crippen LogP contribution in [0.3, 0.4) is 0 Å². The van der Waals surface area contributed by atoms with E-state index >= 15 is 0 Å². The van der Waals surface area contributed by atoms with Gasteiger partial charge in [-0.15, -0.1) is 0 Å². The Hall–Kier alpha value is -2.03. The maximum Gasteiger partial charge on any atom is 0.320 e. The molecule has 6 heteroatoms. The summed E-state index contributed by atoms with van der Waals surface area (Å²) in [6.07, 6.45) is 3.99. The molecule has 2 amide bonds. The molecule has 0 aromatic heterocycles. The number of Topliss-reactive ketones (excluding diaryl/α,β-unsaturated/α-hetero) is 1. The molecule has 4 aliphatic rings. The van der Waals surface area contributed by atoms with Gasteiger partial charge in [-0.3, -0.25) is 4.79 Å². The van der Waals surface area contributed by atoms with Gasteiger partial charge in [0.2, 0.25) is 0 Å². The summed E-state index contributed by atoms with van der Waals surface area (Å²) in [6.45, 7) is 2.86. The molecular formula is C23H25ClN2O3. The molecule has 4 fully saturated rings. The average molecular weight is 413 g/mol. The van der Waals surface area contributed by atoms with E-state index < -0.39 is 0 Å². The number of fused-ring (bicyclic) bond motifs is 1. The number of halogens is 1. The summed E-state index contributed by atoms with van der Waals surface area (Å²) in [7, 11) is 0. The topological polar surface area (TPSA) is 49.9 Å². The van der Waals surface area contributed by atoms with Crippen LogP contribution in [0.2, 0.25) is 5.02 Å². The van der Waals surface area contributed by atoms with Crippen LogP contribution in [-0.4, -0.2) is 60.5 Å². The predicted octanol–water partition coefficient (Wildman–Crippen LogP) is 3.30. The summed E-state index contributed by atoms with van der Waals surface area (Å²) >= 11 is 6.38. The molecule has 1 aromatic carbocycles. The van der Waals surface area contributed by atoms with Gasteiger partial charge in [-0.25, -0.2) is 4.79 Å². The molecule has 0 spiro atoms. The summed E-state index contributed by atoms with van der Waals surface area (Å²) in [4.78, 5) is 28.1. The lowest BCUT2D eigenvalue weighted by atomic mass is 9.88. The van der Waals surface area contributed by atoms with Crippen molar-refractivity contribution in [3.8, 4) is 11.8 Å². The minimum absolute atomic E-state index is 0.0614. The summed E-state index contributed by atoms with van der Waals surface area (Å²) < 4.78 is 5.62. The van der Waals surface area contributed by atoms with E-state index in [0.717, 1.165) is 17.0 Å². The second-order valence-electron chi connectivity index (χ2n) is 8.75. The lowest BCUT2D eigenvalue weighted by molar-refractivity contribution is -0.140. The van der Waals surface area contributed by atoms with Crippen molar-refractivity contribution in [1.82, 2.24) is 9.80 Å². The van der Waals surface area contributed by atoms with Crippen LogP contribution >= 0.6 is 11.6 Å². The first-order valence-corrected chi connectivity index (χ1v) is 10.9. The van der Waals surface area contributed by atoms with Crippen molar-refractivity contribution in [3.63, 3.8) is 0 Å². The van der Waals surface area contributed by atoms with Crippen molar-refractivity contribution in [2.24, 2.45) is 11.8 Å². The fraction of sp³-hybridized carbons (Fsp3) is 0.565. The molecule has 0 unspecified atom stereocenters. The van der Waals surface area contributed by atoms with Gasteiger partial charge in [0.1, 0.15) is 6.61 Å². The molecule has 3 saturated heterocycles. The predicted molar refractivity (Wildman–Crippen MR) is 110 cm³/mol. The molecular weight excluding hydrogens is 388 g/mol. The van der Waals surface area contributed by atoms with Gasteiger partial charge in [-0.2, -0.15) is 0 Å². The summed E-state index contributed by atoms with van der Waals surface area (Å²) in [6, 6.07) is 6.25. The van der Waals surface area contributed by atoms with Gasteiger partial charge < -0.3 is 14.5 Å². The first kappa shape index (κ1) is 19.0. The van der Waals surface area contributed by atoms with E-state index in [4.69, 9.17) is 16.3 Å². The Morgan fingerprint density at radius 1 is 1.14 bits per heavy atom. The standard InChI is InChI=1S/C23H25ClN2O3/c24-21-10-18(16-3-4-16)6-5-17(21)2-1-15-11-26(12-15)23(28)25-8-7-22-19(13-25)9-20(27)14-29-22/h5-6,10,15-16,19,22H,3-4,7-9,11-14H2/t19-,22+/m1/s1. The number of hydrogen-bond donors (Lipinski definition) is 0. The zero-order valence-corrected chi connectivity index (χ0v) is 17.2. The SMILES string of the molecule is O=C1CO[C@H]2CCN(C(=O)N3CC(C#Cc4ccc(C5CC5)cc4Cl)C3)C[C@H]2C1. The number of ketones is 1. The first-order chi connectivity index (χ1) is 14.1. The average Bonchev–Trinajstić information content (AvgIpc) is 3.52. The van der Waals surface area contributed by atoms with E-state index in [0.29, 0.717) is 38.5 Å². The van der Waals surface area contributed by atoms with Gasteiger partial charge >= 0.3 is 6.03 Å². The Balaban J connectivity index is 1.14. The molecule has 5 nitrogen and oxygen atoms in total. The number of piperidine rings is 1. The lowest BCUT2D eigenvalue weighted by Crippen LogP contribution is -2.58. The third kappa shape index (κ3) is 4.01. The molecule has 0 radical (unpaired) electrons. The highest BCUT2D eigenvalue weighted by molar-refractivity contribution is 6.31. The van der Waals surface area contributed by atoms with Crippen molar-refractivity contribution in [3.05, 3.63) is 34.3 Å². The highest BCUT2D eigenvalue weighted by atomic mass is 35.5. The van der Waals surface area contributed by atoms with E-state index in [1.165, 1.54) is 18.4 Å². The molecule has 0 bridgehead atoms. The molecule has 29 heavy (non-hydrogen) atoms. The summed E-state index contributed by atoms with van der Waals surface area (Å²) in [5.74, 6) is 7.62. The van der Waals surface area contributed by atoms with E-state index in [-0.39, 0.29) is 36.4 Å². The van der Waals surface area contributed by atoms with Crippen molar-refractivity contribution in [2.45, 2.75) is 37.7 Å². The number of benzene rings is 1. The van der Waals surface area contributed by atoms with Crippen LogP contribution in [0.15, 0.2) is 18.2 Å². The second-order valence-corrected chi connectivity index (χ2v) is 9.16. The van der Waals surface area contributed by atoms with Crippen LogP contribution in [0.1, 0.15) is 42.7 Å². The van der Waals surface area contributed by atoms with Gasteiger partial charge in [-0.05, 0) is 42.9 Å². The number of carbonyl (C=O) groups excluding carboxylic acids is 2. The zero-order chi connectivity index (χ0) is 20.0. The van der Waals surface area contributed by atoms with Crippen LogP contribution in [0, 0.1) is 23.7 Å². The highest BCUT2D eigenvalue weighted by Gasteiger charge is 2.39. The van der Waals surface area contributed by atoms with E-state index in [1.807, 2.05) is 21.9 Å². The molecule has 152 valence electrons. The van der Waals surface area contributed by atoms with Crippen molar-refractivity contribution in [1.29, 1.82) is 0 Å². The molecule has 5 rings (SSSR count). The fourth-order valence-corrected chi connectivity index (χ4v) is 4.80. The number of likely N-dealkylation sites (tertiary alicyclic amines) is 2. The van der Waals surface area contributed by atoms with Crippen LogP contribution < -0.4 is 0 Å². The Morgan fingerprint density at radius 3 is 2.72 bits per heavy atom. The van der Waals surface area contributed by atoms with E-state index in [9.17, 15) is 9.59 Å². The van der Waals surface area contributed by atoms with E-state index in [2.05, 4.69) is 17.9 Å². The monoisotopic (exact) mass is 412 g/mol. The minimum Gasteiger partial charge on any atom is -0.370 e. The van der Waals surface area contributed by atoms with Crippen LogP contribution in [0.5, 0.6) is 0 Å². The van der Waals surface area contributed by atoms with Crippen LogP contribution in [0.25, 0.3) is 0 Å². The number of ether oxygens (including phenoxy) is 1. The fourth-order valence-electron chi connectivity index (χ4n) is 4.56. The number of nitrogens with zero attached hydrogens (tertiary/aromatic N) is 2. The maximum absolute atomic E-state index is 12.8. The summed E-state index contributed by atoms with van der Waals surface area (Å²) in [5.41, 5.74) is 2.18. The Bertz CT molecular complexity index is 895. The molecule has 3 aliphatic heterocycles. The molecule has 2 atom stereocenters. The maximum atomic E-state index is 12.8. The van der Waals surface area contributed by atoms with Gasteiger partial charge in [-0.1, -0.05) is 29.5 Å². The number of urea groups is 1. The van der Waals surface area contributed by atoms with Crippen molar-refractivity contribution in [2.75, 3.05) is 32.8 Å². The largest absolute Gasteiger partial charge is 0.370 e.